The van der Waals surface area contributed by atoms with Crippen molar-refractivity contribution in [1.82, 2.24) is 9.97 Å². The Bertz CT molecular complexity index is 497. The maximum Gasteiger partial charge on any atom is 0.356 e. The van der Waals surface area contributed by atoms with Crippen LogP contribution in [0.15, 0.2) is 42.6 Å². The Morgan fingerprint density at radius 2 is 1.94 bits per heavy atom. The van der Waals surface area contributed by atoms with Gasteiger partial charge in [0.2, 0.25) is 0 Å². The van der Waals surface area contributed by atoms with E-state index in [1.165, 1.54) is 7.11 Å². The highest BCUT2D eigenvalue weighted by molar-refractivity contribution is 5.87. The average molecular weight is 214 g/mol. The van der Waals surface area contributed by atoms with Crippen molar-refractivity contribution in [3.8, 4) is 11.4 Å². The van der Waals surface area contributed by atoms with E-state index in [0.717, 1.165) is 5.69 Å². The minimum absolute atomic E-state index is 0.283. The fraction of sp³-hybridized carbons (Fsp3) is 0.0833. The van der Waals surface area contributed by atoms with Gasteiger partial charge in [-0.25, -0.2) is 9.78 Å². The van der Waals surface area contributed by atoms with Crippen LogP contribution in [0.3, 0.4) is 0 Å². The van der Waals surface area contributed by atoms with Crippen molar-refractivity contribution in [2.45, 2.75) is 0 Å². The smallest absolute Gasteiger partial charge is 0.356 e. The molecule has 0 aliphatic rings. The zero-order chi connectivity index (χ0) is 11.4. The molecule has 2 aromatic heterocycles. The zero-order valence-electron chi connectivity index (χ0n) is 8.75. The van der Waals surface area contributed by atoms with Crippen molar-refractivity contribution >= 4 is 5.97 Å². The number of rotatable bonds is 2. The number of carbonyl (C=O) groups is 1. The molecule has 0 amide bonds. The molecule has 4 heteroatoms. The highest BCUT2D eigenvalue weighted by atomic mass is 16.5. The van der Waals surface area contributed by atoms with Gasteiger partial charge in [-0.15, -0.1) is 0 Å². The van der Waals surface area contributed by atoms with Crippen LogP contribution in [0.5, 0.6) is 0 Å². The number of carbonyl (C=O) groups excluding carboxylic acids is 1. The number of hydrogen-bond donors (Lipinski definition) is 0. The fourth-order valence-electron chi connectivity index (χ4n) is 1.31. The largest absolute Gasteiger partial charge is 0.464 e. The number of ether oxygens (including phenoxy) is 1. The van der Waals surface area contributed by atoms with E-state index in [9.17, 15) is 4.79 Å². The van der Waals surface area contributed by atoms with Gasteiger partial charge in [0.15, 0.2) is 0 Å². The summed E-state index contributed by atoms with van der Waals surface area (Å²) in [5.74, 6) is -0.446. The molecular formula is C12H10N2O2. The van der Waals surface area contributed by atoms with E-state index in [-0.39, 0.29) is 5.69 Å². The lowest BCUT2D eigenvalue weighted by Crippen LogP contribution is -2.04. The molecule has 0 unspecified atom stereocenters. The van der Waals surface area contributed by atoms with Crippen LogP contribution in [0, 0.1) is 0 Å². The van der Waals surface area contributed by atoms with Gasteiger partial charge in [0, 0.05) is 6.20 Å². The summed E-state index contributed by atoms with van der Waals surface area (Å²) in [5, 5.41) is 0. The van der Waals surface area contributed by atoms with Crippen LogP contribution in [0.25, 0.3) is 11.4 Å². The second-order valence-electron chi connectivity index (χ2n) is 3.11. The van der Waals surface area contributed by atoms with Crippen molar-refractivity contribution in [2.75, 3.05) is 7.11 Å². The summed E-state index contributed by atoms with van der Waals surface area (Å²) >= 11 is 0. The molecule has 0 aliphatic heterocycles. The lowest BCUT2D eigenvalue weighted by Gasteiger charge is -2.02. The molecule has 2 rings (SSSR count). The Morgan fingerprint density at radius 3 is 2.62 bits per heavy atom. The van der Waals surface area contributed by atoms with Crippen molar-refractivity contribution in [3.63, 3.8) is 0 Å². The van der Waals surface area contributed by atoms with Gasteiger partial charge in [-0.05, 0) is 24.3 Å². The summed E-state index contributed by atoms with van der Waals surface area (Å²) in [7, 11) is 1.33. The summed E-state index contributed by atoms with van der Waals surface area (Å²) in [4.78, 5) is 19.6. The van der Waals surface area contributed by atoms with Crippen molar-refractivity contribution in [3.05, 3.63) is 48.3 Å². The van der Waals surface area contributed by atoms with Crippen LogP contribution in [0.2, 0.25) is 0 Å². The molecule has 0 aromatic carbocycles. The Balaban J connectivity index is 2.40. The molecule has 0 aliphatic carbocycles. The van der Waals surface area contributed by atoms with Crippen LogP contribution < -0.4 is 0 Å². The minimum Gasteiger partial charge on any atom is -0.464 e. The predicted octanol–water partition coefficient (Wildman–Crippen LogP) is 1.93. The number of hydrogen-bond acceptors (Lipinski definition) is 4. The van der Waals surface area contributed by atoms with Crippen LogP contribution in [0.4, 0.5) is 0 Å². The molecule has 2 heterocycles. The van der Waals surface area contributed by atoms with Gasteiger partial charge in [-0.1, -0.05) is 12.1 Å². The van der Waals surface area contributed by atoms with E-state index in [2.05, 4.69) is 14.7 Å². The maximum absolute atomic E-state index is 11.3. The molecular weight excluding hydrogens is 204 g/mol. The third-order valence-corrected chi connectivity index (χ3v) is 2.07. The van der Waals surface area contributed by atoms with Gasteiger partial charge >= 0.3 is 5.97 Å². The van der Waals surface area contributed by atoms with E-state index in [1.54, 1.807) is 24.4 Å². The Hall–Kier alpha value is -2.23. The van der Waals surface area contributed by atoms with Crippen molar-refractivity contribution in [2.24, 2.45) is 0 Å². The molecule has 0 radical (unpaired) electrons. The van der Waals surface area contributed by atoms with Crippen molar-refractivity contribution < 1.29 is 9.53 Å². The quantitative estimate of drug-likeness (QED) is 0.717. The topological polar surface area (TPSA) is 52.1 Å². The first-order chi connectivity index (χ1) is 7.81. The molecule has 0 atom stereocenters. The van der Waals surface area contributed by atoms with E-state index in [1.807, 2.05) is 18.2 Å². The minimum atomic E-state index is -0.446. The summed E-state index contributed by atoms with van der Waals surface area (Å²) in [6.45, 7) is 0. The Labute approximate surface area is 92.9 Å². The molecule has 0 N–H and O–H groups in total. The molecule has 0 saturated heterocycles. The number of pyridine rings is 2. The molecule has 0 spiro atoms. The first-order valence-electron chi connectivity index (χ1n) is 4.78. The Morgan fingerprint density at radius 1 is 1.12 bits per heavy atom. The molecule has 16 heavy (non-hydrogen) atoms. The van der Waals surface area contributed by atoms with Gasteiger partial charge in [0.05, 0.1) is 18.5 Å². The second kappa shape index (κ2) is 4.53. The average Bonchev–Trinajstić information content (AvgIpc) is 2.39. The van der Waals surface area contributed by atoms with E-state index in [0.29, 0.717) is 5.69 Å². The van der Waals surface area contributed by atoms with Gasteiger partial charge in [0.25, 0.3) is 0 Å². The van der Waals surface area contributed by atoms with Gasteiger partial charge in [0.1, 0.15) is 5.69 Å². The monoisotopic (exact) mass is 214 g/mol. The fourth-order valence-corrected chi connectivity index (χ4v) is 1.31. The van der Waals surface area contributed by atoms with Gasteiger partial charge in [-0.2, -0.15) is 0 Å². The first-order valence-corrected chi connectivity index (χ1v) is 4.78. The van der Waals surface area contributed by atoms with E-state index in [4.69, 9.17) is 0 Å². The third-order valence-electron chi connectivity index (χ3n) is 2.07. The lowest BCUT2D eigenvalue weighted by molar-refractivity contribution is 0.0594. The van der Waals surface area contributed by atoms with Crippen LogP contribution in [0.1, 0.15) is 10.5 Å². The number of aromatic nitrogens is 2. The summed E-state index contributed by atoms with van der Waals surface area (Å²) in [6, 6.07) is 10.7. The maximum atomic E-state index is 11.3. The van der Waals surface area contributed by atoms with Crippen LogP contribution >= 0.6 is 0 Å². The summed E-state index contributed by atoms with van der Waals surface area (Å²) in [5.41, 5.74) is 1.67. The second-order valence-corrected chi connectivity index (χ2v) is 3.11. The molecule has 0 fully saturated rings. The molecule has 2 aromatic rings. The highest BCUT2D eigenvalue weighted by Gasteiger charge is 2.08. The highest BCUT2D eigenvalue weighted by Crippen LogP contribution is 2.13. The SMILES string of the molecule is COC(=O)c1cccc(-c2ccccn2)n1. The standard InChI is InChI=1S/C12H10N2O2/c1-16-12(15)11-7-4-6-10(14-11)9-5-2-3-8-13-9/h2-8H,1H3. The number of nitrogens with zero attached hydrogens (tertiary/aromatic N) is 2. The van der Waals surface area contributed by atoms with Gasteiger partial charge in [-0.3, -0.25) is 4.98 Å². The lowest BCUT2D eigenvalue weighted by atomic mass is 10.2. The molecule has 0 bridgehead atoms. The number of methoxy groups -OCH3 is 1. The normalized spacial score (nSPS) is 9.81. The Kier molecular flexibility index (Phi) is 2.91. The predicted molar refractivity (Wildman–Crippen MR) is 58.8 cm³/mol. The van der Waals surface area contributed by atoms with Crippen LogP contribution in [-0.2, 0) is 4.74 Å². The number of esters is 1. The first kappa shape index (κ1) is 10.3. The zero-order valence-corrected chi connectivity index (χ0v) is 8.75. The molecule has 4 nitrogen and oxygen atoms in total. The molecule has 0 saturated carbocycles. The third kappa shape index (κ3) is 2.06. The van der Waals surface area contributed by atoms with Crippen molar-refractivity contribution in [1.29, 1.82) is 0 Å². The van der Waals surface area contributed by atoms with Crippen LogP contribution in [-0.4, -0.2) is 23.0 Å². The summed E-state index contributed by atoms with van der Waals surface area (Å²) < 4.78 is 4.61. The van der Waals surface area contributed by atoms with E-state index >= 15 is 0 Å². The van der Waals surface area contributed by atoms with Gasteiger partial charge < -0.3 is 4.74 Å². The molecule has 80 valence electrons. The van der Waals surface area contributed by atoms with E-state index < -0.39 is 5.97 Å². The summed E-state index contributed by atoms with van der Waals surface area (Å²) in [6.07, 6.45) is 1.68.